The Hall–Kier alpha value is -3.20. The van der Waals surface area contributed by atoms with E-state index >= 15 is 0 Å². The molecule has 32 heavy (non-hydrogen) atoms. The number of rotatable bonds is 6. The molecule has 3 rings (SSSR count). The average Bonchev–Trinajstić information content (AvgIpc) is 3.05. The highest BCUT2D eigenvalue weighted by Crippen LogP contribution is 2.46. The first-order chi connectivity index (χ1) is 15.1. The Morgan fingerprint density at radius 1 is 1.09 bits per heavy atom. The number of aryl methyl sites for hydroxylation is 1. The number of amides is 1. The van der Waals surface area contributed by atoms with Crippen molar-refractivity contribution < 1.29 is 32.3 Å². The molecule has 1 heterocycles. The third-order valence-electron chi connectivity index (χ3n) is 5.69. The molecular formula is C23H25NO7S. The van der Waals surface area contributed by atoms with Crippen LogP contribution in [0.2, 0.25) is 0 Å². The molecule has 0 bridgehead atoms. The topological polar surface area (TPSA) is 107 Å². The molecular weight excluding hydrogens is 434 g/mol. The van der Waals surface area contributed by atoms with E-state index in [0.29, 0.717) is 15.4 Å². The maximum atomic E-state index is 13.5. The summed E-state index contributed by atoms with van der Waals surface area (Å²) in [6.45, 7) is 4.85. The largest absolute Gasteiger partial charge is 0.465 e. The van der Waals surface area contributed by atoms with Gasteiger partial charge in [0.1, 0.15) is 0 Å². The Balaban J connectivity index is 2.12. The van der Waals surface area contributed by atoms with Gasteiger partial charge >= 0.3 is 11.9 Å². The maximum absolute atomic E-state index is 13.5. The Labute approximate surface area is 187 Å². The zero-order chi connectivity index (χ0) is 23.7. The molecule has 0 aromatic heterocycles. The predicted octanol–water partition coefficient (Wildman–Crippen LogP) is 2.81. The lowest BCUT2D eigenvalue weighted by molar-refractivity contribution is -0.155. The van der Waals surface area contributed by atoms with Gasteiger partial charge in [0, 0.05) is 12.3 Å². The summed E-state index contributed by atoms with van der Waals surface area (Å²) >= 11 is 0. The molecule has 1 aliphatic rings. The van der Waals surface area contributed by atoms with Crippen LogP contribution in [0.3, 0.4) is 0 Å². The van der Waals surface area contributed by atoms with Gasteiger partial charge in [-0.05, 0) is 50.6 Å². The number of benzene rings is 2. The van der Waals surface area contributed by atoms with E-state index < -0.39 is 39.3 Å². The van der Waals surface area contributed by atoms with Gasteiger partial charge in [0.15, 0.2) is 5.54 Å². The van der Waals surface area contributed by atoms with E-state index in [9.17, 15) is 22.8 Å². The molecule has 9 heteroatoms. The normalized spacial score (nSPS) is 20.8. The summed E-state index contributed by atoms with van der Waals surface area (Å²) in [5.41, 5.74) is -0.122. The molecule has 1 saturated heterocycles. The molecule has 170 valence electrons. The first-order valence-corrected chi connectivity index (χ1v) is 11.5. The summed E-state index contributed by atoms with van der Waals surface area (Å²) in [5.74, 6) is -2.86. The number of esters is 2. The summed E-state index contributed by atoms with van der Waals surface area (Å²) in [6.07, 6.45) is -0.210. The van der Waals surface area contributed by atoms with Crippen molar-refractivity contribution in [1.82, 2.24) is 4.31 Å². The van der Waals surface area contributed by atoms with Gasteiger partial charge in [-0.3, -0.25) is 4.79 Å². The maximum Gasteiger partial charge on any atom is 0.337 e. The summed E-state index contributed by atoms with van der Waals surface area (Å²) in [6, 6.07) is 12.2. The molecule has 0 saturated carbocycles. The van der Waals surface area contributed by atoms with Crippen molar-refractivity contribution >= 4 is 27.9 Å². The first kappa shape index (κ1) is 23.5. The summed E-state index contributed by atoms with van der Waals surface area (Å²) in [4.78, 5) is 37.8. The number of hydrogen-bond donors (Lipinski definition) is 0. The molecule has 0 unspecified atom stereocenters. The predicted molar refractivity (Wildman–Crippen MR) is 115 cm³/mol. The Morgan fingerprint density at radius 2 is 1.69 bits per heavy atom. The molecule has 8 nitrogen and oxygen atoms in total. The van der Waals surface area contributed by atoms with Crippen molar-refractivity contribution in [2.45, 2.75) is 43.5 Å². The fraction of sp³-hybridized carbons (Fsp3) is 0.348. The Bertz CT molecular complexity index is 1140. The highest BCUT2D eigenvalue weighted by molar-refractivity contribution is 7.89. The fourth-order valence-electron chi connectivity index (χ4n) is 3.97. The molecule has 2 aromatic carbocycles. The molecule has 0 radical (unpaired) electrons. The van der Waals surface area contributed by atoms with Crippen molar-refractivity contribution in [3.63, 3.8) is 0 Å². The number of methoxy groups -OCH3 is 1. The Kier molecular flexibility index (Phi) is 6.41. The lowest BCUT2D eigenvalue weighted by atomic mass is 9.81. The molecule has 0 aliphatic carbocycles. The van der Waals surface area contributed by atoms with E-state index in [1.807, 2.05) is 6.92 Å². The van der Waals surface area contributed by atoms with Crippen molar-refractivity contribution in [3.05, 3.63) is 65.2 Å². The lowest BCUT2D eigenvalue weighted by Crippen LogP contribution is -2.55. The number of nitrogens with zero attached hydrogens (tertiary/aromatic N) is 1. The second-order valence-electron chi connectivity index (χ2n) is 7.71. The van der Waals surface area contributed by atoms with E-state index in [2.05, 4.69) is 0 Å². The second kappa shape index (κ2) is 8.74. The van der Waals surface area contributed by atoms with Gasteiger partial charge in [-0.25, -0.2) is 22.3 Å². The van der Waals surface area contributed by atoms with Gasteiger partial charge in [-0.15, -0.1) is 0 Å². The molecule has 1 amide bonds. The van der Waals surface area contributed by atoms with Crippen molar-refractivity contribution in [3.8, 4) is 0 Å². The zero-order valence-electron chi connectivity index (χ0n) is 18.3. The van der Waals surface area contributed by atoms with Gasteiger partial charge in [0.2, 0.25) is 5.91 Å². The highest BCUT2D eigenvalue weighted by Gasteiger charge is 2.61. The third kappa shape index (κ3) is 3.88. The third-order valence-corrected chi connectivity index (χ3v) is 7.62. The minimum absolute atomic E-state index is 0.0228. The number of carbonyl (C=O) groups excluding carboxylic acids is 3. The molecule has 0 spiro atoms. The van der Waals surface area contributed by atoms with Crippen molar-refractivity contribution in [2.24, 2.45) is 0 Å². The summed E-state index contributed by atoms with van der Waals surface area (Å²) in [7, 11) is -3.07. The van der Waals surface area contributed by atoms with Crippen LogP contribution in [0.15, 0.2) is 53.4 Å². The number of ether oxygens (including phenoxy) is 2. The van der Waals surface area contributed by atoms with Gasteiger partial charge in [0.05, 0.1) is 24.2 Å². The second-order valence-corrected chi connectivity index (χ2v) is 9.50. The van der Waals surface area contributed by atoms with E-state index in [4.69, 9.17) is 9.47 Å². The van der Waals surface area contributed by atoms with Crippen LogP contribution in [0.4, 0.5) is 0 Å². The van der Waals surface area contributed by atoms with Gasteiger partial charge < -0.3 is 9.47 Å². The van der Waals surface area contributed by atoms with Crippen LogP contribution >= 0.6 is 0 Å². The molecule has 0 N–H and O–H groups in total. The standard InChI is InChI=1S/C23H25NO7S/c1-5-31-22(27)23(3)19(16-8-10-17(11-9-16)21(26)30-4)14-20(25)24(23)32(28,29)18-12-6-15(2)7-13-18/h6-13,19H,5,14H2,1-4H3/t19-,23+/m1/s1. The van der Waals surface area contributed by atoms with E-state index in [1.54, 1.807) is 31.2 Å². The SMILES string of the molecule is CCOC(=O)[C@]1(C)[C@@H](c2ccc(C(=O)OC)cc2)CC(=O)N1S(=O)(=O)c1ccc(C)cc1. The number of hydrogen-bond acceptors (Lipinski definition) is 7. The van der Waals surface area contributed by atoms with Crippen LogP contribution < -0.4 is 0 Å². The number of sulfonamides is 1. The van der Waals surface area contributed by atoms with Gasteiger partial charge in [-0.2, -0.15) is 0 Å². The molecule has 2 aromatic rings. The lowest BCUT2D eigenvalue weighted by Gasteiger charge is -2.36. The van der Waals surface area contributed by atoms with E-state index in [0.717, 1.165) is 5.56 Å². The monoisotopic (exact) mass is 459 g/mol. The van der Waals surface area contributed by atoms with Crippen molar-refractivity contribution in [1.29, 1.82) is 0 Å². The van der Waals surface area contributed by atoms with Crippen LogP contribution in [0.25, 0.3) is 0 Å². The summed E-state index contributed by atoms with van der Waals surface area (Å²) in [5, 5.41) is 0. The van der Waals surface area contributed by atoms with E-state index in [1.165, 1.54) is 38.3 Å². The number of carbonyl (C=O) groups is 3. The van der Waals surface area contributed by atoms with Crippen LogP contribution in [0.5, 0.6) is 0 Å². The minimum Gasteiger partial charge on any atom is -0.465 e. The quantitative estimate of drug-likeness (QED) is 0.611. The van der Waals surface area contributed by atoms with Crippen molar-refractivity contribution in [2.75, 3.05) is 13.7 Å². The van der Waals surface area contributed by atoms with Crippen LogP contribution in [0.1, 0.15) is 47.7 Å². The van der Waals surface area contributed by atoms with E-state index in [-0.39, 0.29) is 17.9 Å². The molecule has 1 fully saturated rings. The first-order valence-electron chi connectivity index (χ1n) is 10.1. The van der Waals surface area contributed by atoms with Crippen LogP contribution in [0, 0.1) is 6.92 Å². The smallest absolute Gasteiger partial charge is 0.337 e. The molecule has 2 atom stereocenters. The van der Waals surface area contributed by atoms with Crippen LogP contribution in [-0.4, -0.2) is 49.8 Å². The Morgan fingerprint density at radius 3 is 2.22 bits per heavy atom. The van der Waals surface area contributed by atoms with Gasteiger partial charge in [-0.1, -0.05) is 29.8 Å². The zero-order valence-corrected chi connectivity index (χ0v) is 19.1. The molecule has 1 aliphatic heterocycles. The van der Waals surface area contributed by atoms with Crippen LogP contribution in [-0.2, 0) is 29.1 Å². The average molecular weight is 460 g/mol. The van der Waals surface area contributed by atoms with Gasteiger partial charge in [0.25, 0.3) is 10.0 Å². The summed E-state index contributed by atoms with van der Waals surface area (Å²) < 4.78 is 37.5. The fourth-order valence-corrected chi connectivity index (χ4v) is 5.70. The minimum atomic E-state index is -4.33. The highest BCUT2D eigenvalue weighted by atomic mass is 32.2.